The summed E-state index contributed by atoms with van der Waals surface area (Å²) < 4.78 is 18.1. The summed E-state index contributed by atoms with van der Waals surface area (Å²) in [5.41, 5.74) is 0.350. The molecule has 0 aliphatic rings. The van der Waals surface area contributed by atoms with Gasteiger partial charge in [-0.15, -0.1) is 0 Å². The molecule has 96 valence electrons. The number of halogens is 2. The molecule has 0 fully saturated rings. The molecule has 0 aliphatic carbocycles. The molecule has 18 heavy (non-hydrogen) atoms. The van der Waals surface area contributed by atoms with Gasteiger partial charge in [0.1, 0.15) is 5.82 Å². The minimum absolute atomic E-state index is 0.0643. The Morgan fingerprint density at radius 1 is 1.61 bits per heavy atom. The third-order valence-corrected chi connectivity index (χ3v) is 2.71. The van der Waals surface area contributed by atoms with E-state index in [0.29, 0.717) is 5.56 Å². The number of benzene rings is 1. The number of carbonyl (C=O) groups is 1. The molecular weight excluding hydrogens is 259 g/mol. The van der Waals surface area contributed by atoms with E-state index in [1.807, 2.05) is 0 Å². The van der Waals surface area contributed by atoms with E-state index >= 15 is 0 Å². The van der Waals surface area contributed by atoms with Gasteiger partial charge in [0, 0.05) is 19.5 Å². The molecule has 0 heterocycles. The number of carbonyl (C=O) groups excluding carboxylic acids is 1. The second kappa shape index (κ2) is 6.26. The van der Waals surface area contributed by atoms with Gasteiger partial charge in [0.2, 0.25) is 0 Å². The van der Waals surface area contributed by atoms with Crippen LogP contribution >= 0.6 is 11.6 Å². The summed E-state index contributed by atoms with van der Waals surface area (Å²) in [5, 5.41) is 6.97. The fourth-order valence-corrected chi connectivity index (χ4v) is 1.63. The van der Waals surface area contributed by atoms with Crippen LogP contribution in [0.1, 0.15) is 21.8 Å². The summed E-state index contributed by atoms with van der Waals surface area (Å²) in [4.78, 5) is 15.2. The Bertz CT molecular complexity index is 503. The van der Waals surface area contributed by atoms with Crippen LogP contribution in [0.25, 0.3) is 0 Å². The van der Waals surface area contributed by atoms with Gasteiger partial charge in [-0.1, -0.05) is 11.6 Å². The van der Waals surface area contributed by atoms with Crippen LogP contribution in [0.15, 0.2) is 17.1 Å². The smallest absolute Gasteiger partial charge is 0.339 e. The molecule has 0 radical (unpaired) electrons. The molecule has 1 rings (SSSR count). The predicted octanol–water partition coefficient (Wildman–Crippen LogP) is 2.70. The van der Waals surface area contributed by atoms with Gasteiger partial charge < -0.3 is 10.1 Å². The lowest BCUT2D eigenvalue weighted by Crippen LogP contribution is -2.08. The van der Waals surface area contributed by atoms with Crippen LogP contribution in [0.3, 0.4) is 0 Å². The molecule has 4 nitrogen and oxygen atoms in total. The third-order valence-electron chi connectivity index (χ3n) is 2.33. The van der Waals surface area contributed by atoms with Gasteiger partial charge in [-0.2, -0.15) is 0 Å². The second-order valence-electron chi connectivity index (χ2n) is 3.46. The first kappa shape index (κ1) is 14.3. The molecule has 0 bridgehead atoms. The van der Waals surface area contributed by atoms with Crippen molar-refractivity contribution in [2.45, 2.75) is 5.92 Å². The Hall–Kier alpha value is -1.75. The van der Waals surface area contributed by atoms with Crippen LogP contribution < -0.4 is 0 Å². The molecule has 0 amide bonds. The Kier molecular flexibility index (Phi) is 4.97. The maximum atomic E-state index is 13.6. The van der Waals surface area contributed by atoms with Gasteiger partial charge in [-0.3, -0.25) is 4.99 Å². The molecule has 1 unspecified atom stereocenters. The van der Waals surface area contributed by atoms with Crippen molar-refractivity contribution < 1.29 is 13.9 Å². The van der Waals surface area contributed by atoms with E-state index < -0.39 is 17.7 Å². The minimum atomic E-state index is -0.731. The van der Waals surface area contributed by atoms with E-state index in [1.165, 1.54) is 25.5 Å². The van der Waals surface area contributed by atoms with Crippen molar-refractivity contribution in [1.29, 1.82) is 5.41 Å². The molecule has 1 aromatic rings. The first-order valence-electron chi connectivity index (χ1n) is 5.05. The second-order valence-corrected chi connectivity index (χ2v) is 3.83. The van der Waals surface area contributed by atoms with Crippen molar-refractivity contribution in [1.82, 2.24) is 0 Å². The van der Waals surface area contributed by atoms with E-state index in [2.05, 4.69) is 9.73 Å². The molecule has 1 aromatic carbocycles. The minimum Gasteiger partial charge on any atom is -0.465 e. The molecule has 0 spiro atoms. The normalized spacial score (nSPS) is 12.4. The number of rotatable bonds is 4. The molecule has 0 aromatic heterocycles. The highest BCUT2D eigenvalue weighted by Gasteiger charge is 2.18. The summed E-state index contributed by atoms with van der Waals surface area (Å²) in [6, 6.07) is 2.57. The van der Waals surface area contributed by atoms with E-state index in [9.17, 15) is 9.18 Å². The monoisotopic (exact) mass is 270 g/mol. The maximum absolute atomic E-state index is 13.6. The highest BCUT2D eigenvalue weighted by molar-refractivity contribution is 6.33. The van der Waals surface area contributed by atoms with Crippen molar-refractivity contribution in [2.75, 3.05) is 14.2 Å². The van der Waals surface area contributed by atoms with E-state index in [4.69, 9.17) is 17.0 Å². The number of nitrogens with one attached hydrogen (secondary N) is 1. The quantitative estimate of drug-likeness (QED) is 0.675. The van der Waals surface area contributed by atoms with Crippen LogP contribution in [0, 0.1) is 11.2 Å². The van der Waals surface area contributed by atoms with Gasteiger partial charge in [-0.05, 0) is 17.7 Å². The number of ether oxygens (including phenoxy) is 1. The van der Waals surface area contributed by atoms with Crippen LogP contribution in [-0.2, 0) is 4.74 Å². The third kappa shape index (κ3) is 2.92. The zero-order valence-corrected chi connectivity index (χ0v) is 10.7. The first-order chi connectivity index (χ1) is 8.54. The van der Waals surface area contributed by atoms with Crippen molar-refractivity contribution in [3.63, 3.8) is 0 Å². The SMILES string of the molecule is CN=CC(C=N)c1cc(F)c(Cl)c(C(=O)OC)c1. The molecule has 0 saturated carbocycles. The van der Waals surface area contributed by atoms with Crippen molar-refractivity contribution in [3.05, 3.63) is 34.1 Å². The summed E-state index contributed by atoms with van der Waals surface area (Å²) in [6.45, 7) is 0. The Morgan fingerprint density at radius 2 is 2.28 bits per heavy atom. The van der Waals surface area contributed by atoms with Crippen molar-refractivity contribution in [3.8, 4) is 0 Å². The topological polar surface area (TPSA) is 62.5 Å². The van der Waals surface area contributed by atoms with Gasteiger partial charge in [0.05, 0.1) is 23.6 Å². The molecular formula is C12H12ClFN2O2. The number of aliphatic imine (C=N–C) groups is 1. The standard InChI is InChI=1S/C12H12ClFN2O2/c1-16-6-8(5-15)7-3-9(12(17)18-2)11(13)10(14)4-7/h3-6,8,15H,1-2H3. The van der Waals surface area contributed by atoms with E-state index in [1.54, 1.807) is 7.05 Å². The van der Waals surface area contributed by atoms with Gasteiger partial charge in [0.25, 0.3) is 0 Å². The molecule has 0 aliphatic heterocycles. The largest absolute Gasteiger partial charge is 0.465 e. The summed E-state index contributed by atoms with van der Waals surface area (Å²) in [7, 11) is 2.73. The average Bonchev–Trinajstić information content (AvgIpc) is 2.38. The number of hydrogen-bond donors (Lipinski definition) is 1. The Labute approximate surface area is 109 Å². The Morgan fingerprint density at radius 3 is 2.78 bits per heavy atom. The molecule has 1 atom stereocenters. The lowest BCUT2D eigenvalue weighted by atomic mass is 9.99. The number of nitrogens with zero attached hydrogens (tertiary/aromatic N) is 1. The van der Waals surface area contributed by atoms with Crippen molar-refractivity contribution in [2.24, 2.45) is 4.99 Å². The number of hydrogen-bond acceptors (Lipinski definition) is 4. The number of esters is 1. The van der Waals surface area contributed by atoms with Crippen LogP contribution in [0.5, 0.6) is 0 Å². The zero-order valence-electron chi connectivity index (χ0n) is 9.91. The molecule has 1 N–H and O–H groups in total. The summed E-state index contributed by atoms with van der Waals surface area (Å²) in [6.07, 6.45) is 2.56. The zero-order chi connectivity index (χ0) is 13.7. The van der Waals surface area contributed by atoms with Gasteiger partial charge in [-0.25, -0.2) is 9.18 Å². The van der Waals surface area contributed by atoms with Crippen molar-refractivity contribution >= 4 is 30.0 Å². The molecule has 6 heteroatoms. The van der Waals surface area contributed by atoms with Gasteiger partial charge >= 0.3 is 5.97 Å². The lowest BCUT2D eigenvalue weighted by Gasteiger charge is -2.10. The van der Waals surface area contributed by atoms with Crippen LogP contribution in [0.4, 0.5) is 4.39 Å². The predicted molar refractivity (Wildman–Crippen MR) is 68.7 cm³/mol. The lowest BCUT2D eigenvalue weighted by molar-refractivity contribution is 0.0600. The maximum Gasteiger partial charge on any atom is 0.339 e. The average molecular weight is 271 g/mol. The van der Waals surface area contributed by atoms with E-state index in [-0.39, 0.29) is 10.6 Å². The summed E-state index contributed by atoms with van der Waals surface area (Å²) >= 11 is 5.70. The summed E-state index contributed by atoms with van der Waals surface area (Å²) in [5.74, 6) is -1.96. The van der Waals surface area contributed by atoms with Gasteiger partial charge in [0.15, 0.2) is 0 Å². The Balaban J connectivity index is 3.35. The van der Waals surface area contributed by atoms with E-state index in [0.717, 1.165) is 6.21 Å². The number of methoxy groups -OCH3 is 1. The highest BCUT2D eigenvalue weighted by atomic mass is 35.5. The molecule has 0 saturated heterocycles. The fraction of sp³-hybridized carbons (Fsp3) is 0.250. The highest BCUT2D eigenvalue weighted by Crippen LogP contribution is 2.25. The van der Waals surface area contributed by atoms with Crippen LogP contribution in [0.2, 0.25) is 5.02 Å². The first-order valence-corrected chi connectivity index (χ1v) is 5.43. The fourth-order valence-electron chi connectivity index (χ4n) is 1.45. The van der Waals surface area contributed by atoms with Crippen LogP contribution in [-0.4, -0.2) is 32.6 Å².